The van der Waals surface area contributed by atoms with Crippen LogP contribution in [0.4, 0.5) is 10.1 Å². The number of rotatable bonds is 5. The Labute approximate surface area is 144 Å². The molecule has 0 spiro atoms. The number of thioether (sulfide) groups is 1. The van der Waals surface area contributed by atoms with Crippen molar-refractivity contribution in [3.05, 3.63) is 53.3 Å². The number of anilines is 1. The van der Waals surface area contributed by atoms with Crippen molar-refractivity contribution in [1.82, 2.24) is 5.32 Å². The molecule has 4 nitrogen and oxygen atoms in total. The van der Waals surface area contributed by atoms with Crippen molar-refractivity contribution in [1.29, 1.82) is 0 Å². The van der Waals surface area contributed by atoms with Crippen LogP contribution in [0.15, 0.2) is 41.3 Å². The molecule has 2 aromatic rings. The average Bonchev–Trinajstić information content (AvgIpc) is 2.63. The van der Waals surface area contributed by atoms with Crippen LogP contribution in [0.1, 0.15) is 11.1 Å². The van der Waals surface area contributed by atoms with Crippen LogP contribution in [0.5, 0.6) is 5.75 Å². The molecule has 0 bridgehead atoms. The minimum atomic E-state index is -0.311. The lowest BCUT2D eigenvalue weighted by molar-refractivity contribution is -0.113. The summed E-state index contributed by atoms with van der Waals surface area (Å²) >= 11 is 1.39. The Morgan fingerprint density at radius 2 is 2.25 bits per heavy atom. The Kier molecular flexibility index (Phi) is 5.37. The van der Waals surface area contributed by atoms with E-state index in [0.717, 1.165) is 22.8 Å². The number of benzene rings is 2. The molecular weight excluding hydrogens is 327 g/mol. The third-order valence-corrected chi connectivity index (χ3v) is 4.89. The van der Waals surface area contributed by atoms with E-state index in [0.29, 0.717) is 18.5 Å². The lowest BCUT2D eigenvalue weighted by Gasteiger charge is -2.19. The molecular formula is C18H19FN2O2S. The van der Waals surface area contributed by atoms with Gasteiger partial charge in [0.15, 0.2) is 0 Å². The third-order valence-electron chi connectivity index (χ3n) is 3.89. The van der Waals surface area contributed by atoms with Gasteiger partial charge in [0.05, 0.1) is 18.6 Å². The molecule has 2 N–H and O–H groups in total. The zero-order valence-electron chi connectivity index (χ0n) is 13.4. The highest BCUT2D eigenvalue weighted by atomic mass is 32.2. The van der Waals surface area contributed by atoms with Crippen LogP contribution in [-0.4, -0.2) is 25.3 Å². The molecule has 1 aliphatic heterocycles. The number of carbonyl (C=O) groups excluding carboxylic acids is 1. The quantitative estimate of drug-likeness (QED) is 0.817. The maximum Gasteiger partial charge on any atom is 0.234 e. The number of carbonyl (C=O) groups is 1. The normalized spacial score (nSPS) is 13.2. The van der Waals surface area contributed by atoms with Crippen molar-refractivity contribution in [2.75, 3.05) is 24.7 Å². The number of nitrogens with one attached hydrogen (secondary N) is 2. The Morgan fingerprint density at radius 1 is 1.38 bits per heavy atom. The lowest BCUT2D eigenvalue weighted by Crippen LogP contribution is -2.25. The highest BCUT2D eigenvalue weighted by Crippen LogP contribution is 2.26. The molecule has 3 rings (SSSR count). The minimum Gasteiger partial charge on any atom is -0.497 e. The number of methoxy groups -OCH3 is 1. The predicted octanol–water partition coefficient (Wildman–Crippen LogP) is 3.21. The summed E-state index contributed by atoms with van der Waals surface area (Å²) in [5.74, 6) is 0.421. The van der Waals surface area contributed by atoms with E-state index in [-0.39, 0.29) is 23.2 Å². The van der Waals surface area contributed by atoms with Gasteiger partial charge in [-0.15, -0.1) is 11.8 Å². The maximum atomic E-state index is 14.5. The Hall–Kier alpha value is -2.05. The van der Waals surface area contributed by atoms with E-state index in [4.69, 9.17) is 4.74 Å². The van der Waals surface area contributed by atoms with Crippen molar-refractivity contribution < 1.29 is 13.9 Å². The van der Waals surface area contributed by atoms with Gasteiger partial charge in [0.1, 0.15) is 11.6 Å². The third kappa shape index (κ3) is 3.88. The second-order valence-electron chi connectivity index (χ2n) is 5.51. The number of amides is 1. The van der Waals surface area contributed by atoms with E-state index in [1.807, 2.05) is 30.3 Å². The monoisotopic (exact) mass is 346 g/mol. The van der Waals surface area contributed by atoms with Gasteiger partial charge in [0.2, 0.25) is 5.91 Å². The smallest absolute Gasteiger partial charge is 0.234 e. The molecule has 0 unspecified atom stereocenters. The molecule has 2 aromatic carbocycles. The predicted molar refractivity (Wildman–Crippen MR) is 94.2 cm³/mol. The summed E-state index contributed by atoms with van der Waals surface area (Å²) in [6.45, 7) is 1.43. The van der Waals surface area contributed by atoms with Crippen molar-refractivity contribution in [2.45, 2.75) is 17.9 Å². The molecule has 0 aliphatic carbocycles. The van der Waals surface area contributed by atoms with Gasteiger partial charge < -0.3 is 15.4 Å². The van der Waals surface area contributed by atoms with E-state index >= 15 is 0 Å². The van der Waals surface area contributed by atoms with Gasteiger partial charge in [0, 0.05) is 11.4 Å². The standard InChI is InChI=1S/C18H19FN2O2S/c1-23-13-3-2-4-14(9-13)24-11-17(22)21-16-6-5-12-10-20-8-7-15(12)18(16)19/h2-6,9,20H,7-8,10-11H2,1H3,(H,21,22). The van der Waals surface area contributed by atoms with Gasteiger partial charge in [0.25, 0.3) is 0 Å². The second-order valence-corrected chi connectivity index (χ2v) is 6.56. The summed E-state index contributed by atoms with van der Waals surface area (Å²) in [7, 11) is 1.60. The molecule has 6 heteroatoms. The Balaban J connectivity index is 1.62. The molecule has 1 aliphatic rings. The molecule has 0 radical (unpaired) electrons. The number of ether oxygens (including phenoxy) is 1. The second kappa shape index (κ2) is 7.68. The van der Waals surface area contributed by atoms with Crippen LogP contribution in [0.2, 0.25) is 0 Å². The van der Waals surface area contributed by atoms with Crippen LogP contribution in [-0.2, 0) is 17.8 Å². The van der Waals surface area contributed by atoms with Gasteiger partial charge in [-0.3, -0.25) is 4.79 Å². The lowest BCUT2D eigenvalue weighted by atomic mass is 9.99. The van der Waals surface area contributed by atoms with Crippen molar-refractivity contribution >= 4 is 23.4 Å². The van der Waals surface area contributed by atoms with Crippen LogP contribution in [0.3, 0.4) is 0 Å². The number of hydrogen-bond acceptors (Lipinski definition) is 4. The number of halogens is 1. The van der Waals surface area contributed by atoms with Crippen LogP contribution >= 0.6 is 11.8 Å². The fourth-order valence-electron chi connectivity index (χ4n) is 2.66. The first kappa shape index (κ1) is 16.8. The van der Waals surface area contributed by atoms with E-state index in [1.54, 1.807) is 13.2 Å². The summed E-state index contributed by atoms with van der Waals surface area (Å²) in [6.07, 6.45) is 0.642. The molecule has 0 saturated heterocycles. The average molecular weight is 346 g/mol. The molecule has 126 valence electrons. The first-order chi connectivity index (χ1) is 11.7. The zero-order valence-corrected chi connectivity index (χ0v) is 14.2. The number of fused-ring (bicyclic) bond motifs is 1. The van der Waals surface area contributed by atoms with Gasteiger partial charge in [-0.1, -0.05) is 12.1 Å². The van der Waals surface area contributed by atoms with Gasteiger partial charge in [-0.05, 0) is 48.4 Å². The summed E-state index contributed by atoms with van der Waals surface area (Å²) in [5.41, 5.74) is 1.92. The van der Waals surface area contributed by atoms with Crippen LogP contribution in [0.25, 0.3) is 0 Å². The van der Waals surface area contributed by atoms with E-state index < -0.39 is 0 Å². The zero-order chi connectivity index (χ0) is 16.9. The Bertz CT molecular complexity index is 752. The van der Waals surface area contributed by atoms with Gasteiger partial charge in [-0.2, -0.15) is 0 Å². The van der Waals surface area contributed by atoms with Crippen molar-refractivity contribution in [3.63, 3.8) is 0 Å². The summed E-state index contributed by atoms with van der Waals surface area (Å²) in [4.78, 5) is 13.1. The number of hydrogen-bond donors (Lipinski definition) is 2. The molecule has 0 fully saturated rings. The first-order valence-electron chi connectivity index (χ1n) is 7.75. The van der Waals surface area contributed by atoms with E-state index in [2.05, 4.69) is 10.6 Å². The summed E-state index contributed by atoms with van der Waals surface area (Å²) in [6, 6.07) is 11.0. The molecule has 0 saturated carbocycles. The topological polar surface area (TPSA) is 50.4 Å². The van der Waals surface area contributed by atoms with E-state index in [9.17, 15) is 9.18 Å². The summed E-state index contributed by atoms with van der Waals surface area (Å²) < 4.78 is 19.7. The van der Waals surface area contributed by atoms with E-state index in [1.165, 1.54) is 11.8 Å². The highest BCUT2D eigenvalue weighted by Gasteiger charge is 2.17. The molecule has 1 heterocycles. The minimum absolute atomic E-state index is 0.214. The molecule has 0 aromatic heterocycles. The fourth-order valence-corrected chi connectivity index (χ4v) is 3.40. The summed E-state index contributed by atoms with van der Waals surface area (Å²) in [5, 5.41) is 5.88. The van der Waals surface area contributed by atoms with Crippen LogP contribution in [0, 0.1) is 5.82 Å². The highest BCUT2D eigenvalue weighted by molar-refractivity contribution is 8.00. The molecule has 0 atom stereocenters. The largest absolute Gasteiger partial charge is 0.497 e. The molecule has 1 amide bonds. The van der Waals surface area contributed by atoms with Crippen molar-refractivity contribution in [3.8, 4) is 5.75 Å². The van der Waals surface area contributed by atoms with Gasteiger partial charge >= 0.3 is 0 Å². The van der Waals surface area contributed by atoms with Crippen LogP contribution < -0.4 is 15.4 Å². The first-order valence-corrected chi connectivity index (χ1v) is 8.73. The maximum absolute atomic E-state index is 14.5. The fraction of sp³-hybridized carbons (Fsp3) is 0.278. The van der Waals surface area contributed by atoms with Gasteiger partial charge in [-0.25, -0.2) is 4.39 Å². The Morgan fingerprint density at radius 3 is 3.08 bits per heavy atom. The van der Waals surface area contributed by atoms with Crippen molar-refractivity contribution in [2.24, 2.45) is 0 Å². The SMILES string of the molecule is COc1cccc(SCC(=O)Nc2ccc3c(c2F)CCNC3)c1. The molecule has 24 heavy (non-hydrogen) atoms.